The van der Waals surface area contributed by atoms with E-state index in [9.17, 15) is 24.3 Å². The maximum atomic E-state index is 13.1. The van der Waals surface area contributed by atoms with E-state index in [1.165, 1.54) is 19.3 Å². The molecule has 1 amide bonds. The predicted octanol–water partition coefficient (Wildman–Crippen LogP) is 1.52. The van der Waals surface area contributed by atoms with Crippen LogP contribution in [-0.2, 0) is 14.4 Å². The van der Waals surface area contributed by atoms with E-state index in [0.29, 0.717) is 6.54 Å². The van der Waals surface area contributed by atoms with Crippen molar-refractivity contribution in [1.82, 2.24) is 19.8 Å². The van der Waals surface area contributed by atoms with E-state index >= 15 is 0 Å². The maximum Gasteiger partial charge on any atom is 0.305 e. The summed E-state index contributed by atoms with van der Waals surface area (Å²) in [7, 11) is 1.77. The van der Waals surface area contributed by atoms with Crippen molar-refractivity contribution in [3.63, 3.8) is 0 Å². The van der Waals surface area contributed by atoms with E-state index in [1.54, 1.807) is 14.0 Å². The predicted molar refractivity (Wildman–Crippen MR) is 140 cm³/mol. The number of unbranched alkanes of at least 4 members (excludes halogenated alkanes) is 3. The number of nitrogens with one attached hydrogen (secondary N) is 3. The zero-order valence-corrected chi connectivity index (χ0v) is 22.0. The van der Waals surface area contributed by atoms with Crippen LogP contribution in [0.3, 0.4) is 0 Å². The first-order valence-electron chi connectivity index (χ1n) is 12.4. The first kappa shape index (κ1) is 31.4. The lowest BCUT2D eigenvalue weighted by atomic mass is 10.1. The van der Waals surface area contributed by atoms with Crippen LogP contribution in [-0.4, -0.2) is 86.6 Å². The van der Waals surface area contributed by atoms with Gasteiger partial charge in [-0.2, -0.15) is 0 Å². The molecule has 0 aliphatic rings. The van der Waals surface area contributed by atoms with Crippen molar-refractivity contribution in [3.05, 3.63) is 22.7 Å². The largest absolute Gasteiger partial charge is 0.481 e. The van der Waals surface area contributed by atoms with Crippen molar-refractivity contribution in [2.24, 2.45) is 5.16 Å². The number of aliphatic carboxylic acids is 1. The number of rotatable bonds is 18. The highest BCUT2D eigenvalue weighted by atomic mass is 16.4. The Morgan fingerprint density at radius 3 is 2.51 bits per heavy atom. The van der Waals surface area contributed by atoms with Crippen molar-refractivity contribution in [1.29, 1.82) is 5.41 Å². The number of Topliss-reactive ketones (excluding diaryl/α,β-unsaturated/α-hetero) is 1. The number of ketones is 1. The SMILES string of the molecule is CCCCCCN(C)CC(=O)C(CC(=O)O)NC(=O)C(CC)n1ccnc(NC/C(=N/O)C(C)=N)c1=O. The molecule has 1 aromatic rings. The zero-order valence-electron chi connectivity index (χ0n) is 22.0. The summed E-state index contributed by atoms with van der Waals surface area (Å²) in [5, 5.41) is 34.1. The zero-order chi connectivity index (χ0) is 28.0. The number of hydrogen-bond donors (Lipinski definition) is 5. The first-order chi connectivity index (χ1) is 17.5. The molecule has 0 fully saturated rings. The smallest absolute Gasteiger partial charge is 0.305 e. The standard InChI is InChI=1S/C24H39N7O6/c1-5-7-8-9-11-30(4)15-20(32)17(13-21(33)34)28-23(35)19(6-2)31-12-10-26-22(24(31)36)27-14-18(29-37)16(3)25/h10,12,17,19,25,37H,5-9,11,13-15H2,1-4H3,(H,26,27)(H,28,35)(H,33,34)/b25-16?,29-18-. The van der Waals surface area contributed by atoms with Gasteiger partial charge in [-0.3, -0.25) is 28.6 Å². The molecule has 13 heteroatoms. The molecule has 0 saturated heterocycles. The molecule has 1 aromatic heterocycles. The molecule has 5 N–H and O–H groups in total. The molecule has 2 unspecified atom stereocenters. The van der Waals surface area contributed by atoms with Gasteiger partial charge < -0.3 is 26.4 Å². The second-order valence-corrected chi connectivity index (χ2v) is 8.86. The Bertz CT molecular complexity index is 1020. The number of carbonyl (C=O) groups is 3. The normalized spacial score (nSPS) is 13.2. The number of carbonyl (C=O) groups excluding carboxylic acids is 2. The monoisotopic (exact) mass is 521 g/mol. The molecule has 0 aliphatic heterocycles. The summed E-state index contributed by atoms with van der Waals surface area (Å²) >= 11 is 0. The minimum Gasteiger partial charge on any atom is -0.481 e. The molecular weight excluding hydrogens is 482 g/mol. The molecule has 13 nitrogen and oxygen atoms in total. The molecule has 0 aliphatic carbocycles. The highest BCUT2D eigenvalue weighted by molar-refractivity contribution is 6.41. The lowest BCUT2D eigenvalue weighted by molar-refractivity contribution is -0.140. The molecule has 1 heterocycles. The Morgan fingerprint density at radius 1 is 1.24 bits per heavy atom. The fourth-order valence-corrected chi connectivity index (χ4v) is 3.66. The van der Waals surface area contributed by atoms with Gasteiger partial charge in [0.25, 0.3) is 5.56 Å². The topological polar surface area (TPSA) is 190 Å². The number of anilines is 1. The van der Waals surface area contributed by atoms with Crippen LogP contribution in [0.15, 0.2) is 22.3 Å². The van der Waals surface area contributed by atoms with Crippen molar-refractivity contribution in [2.45, 2.75) is 71.4 Å². The van der Waals surface area contributed by atoms with Gasteiger partial charge in [-0.05, 0) is 33.4 Å². The Morgan fingerprint density at radius 2 is 1.95 bits per heavy atom. The second kappa shape index (κ2) is 16.2. The molecule has 0 aromatic carbocycles. The Labute approximate surface area is 216 Å². The Hall–Kier alpha value is -3.61. The Kier molecular flexibility index (Phi) is 13.8. The van der Waals surface area contributed by atoms with Gasteiger partial charge in [0.2, 0.25) is 5.91 Å². The van der Waals surface area contributed by atoms with Crippen LogP contribution in [0, 0.1) is 5.41 Å². The van der Waals surface area contributed by atoms with Gasteiger partial charge in [-0.1, -0.05) is 38.3 Å². The summed E-state index contributed by atoms with van der Waals surface area (Å²) in [6.07, 6.45) is 6.38. The van der Waals surface area contributed by atoms with E-state index in [1.807, 2.05) is 4.90 Å². The highest BCUT2D eigenvalue weighted by Gasteiger charge is 2.29. The number of carboxylic acid groups (broad SMARTS) is 1. The minimum absolute atomic E-state index is 0.00203. The van der Waals surface area contributed by atoms with Gasteiger partial charge in [0.1, 0.15) is 11.8 Å². The third kappa shape index (κ3) is 10.5. The van der Waals surface area contributed by atoms with Crippen LogP contribution in [0.2, 0.25) is 0 Å². The van der Waals surface area contributed by atoms with Crippen LogP contribution >= 0.6 is 0 Å². The molecule has 0 bridgehead atoms. The second-order valence-electron chi connectivity index (χ2n) is 8.86. The van der Waals surface area contributed by atoms with E-state index in [-0.39, 0.29) is 36.8 Å². The summed E-state index contributed by atoms with van der Waals surface area (Å²) in [5.74, 6) is -2.45. The summed E-state index contributed by atoms with van der Waals surface area (Å²) in [4.78, 5) is 56.1. The number of oxime groups is 1. The molecule has 206 valence electrons. The van der Waals surface area contributed by atoms with Crippen molar-refractivity contribution in [2.75, 3.05) is 32.0 Å². The number of carboxylic acids is 1. The average molecular weight is 522 g/mol. The number of amides is 1. The average Bonchev–Trinajstić information content (AvgIpc) is 2.83. The van der Waals surface area contributed by atoms with Crippen molar-refractivity contribution < 1.29 is 24.7 Å². The highest BCUT2D eigenvalue weighted by Crippen LogP contribution is 2.11. The van der Waals surface area contributed by atoms with E-state index in [2.05, 4.69) is 27.7 Å². The summed E-state index contributed by atoms with van der Waals surface area (Å²) in [5.41, 5.74) is -0.637. The quantitative estimate of drug-likeness (QED) is 0.0825. The van der Waals surface area contributed by atoms with Gasteiger partial charge in [0.05, 0.1) is 31.3 Å². The van der Waals surface area contributed by atoms with Gasteiger partial charge in [-0.25, -0.2) is 4.98 Å². The lowest BCUT2D eigenvalue weighted by Gasteiger charge is -2.24. The fraction of sp³-hybridized carbons (Fsp3) is 0.625. The molecule has 0 spiro atoms. The Balaban J connectivity index is 3.00. The number of likely N-dealkylation sites (N-methyl/N-ethyl adjacent to an activating group) is 1. The van der Waals surface area contributed by atoms with Crippen LogP contribution in [0.4, 0.5) is 5.82 Å². The number of hydrogen-bond acceptors (Lipinski definition) is 10. The molecular formula is C24H39N7O6. The molecule has 2 atom stereocenters. The number of nitrogens with zero attached hydrogens (tertiary/aromatic N) is 4. The first-order valence-corrected chi connectivity index (χ1v) is 12.4. The number of aromatic nitrogens is 2. The summed E-state index contributed by atoms with van der Waals surface area (Å²) < 4.78 is 1.14. The van der Waals surface area contributed by atoms with Crippen molar-refractivity contribution >= 4 is 34.9 Å². The minimum atomic E-state index is -1.24. The van der Waals surface area contributed by atoms with E-state index < -0.39 is 41.7 Å². The van der Waals surface area contributed by atoms with E-state index in [0.717, 1.165) is 30.3 Å². The van der Waals surface area contributed by atoms with Crippen LogP contribution in [0.5, 0.6) is 0 Å². The summed E-state index contributed by atoms with van der Waals surface area (Å²) in [6.45, 7) is 5.74. The third-order valence-electron chi connectivity index (χ3n) is 5.77. The molecule has 37 heavy (non-hydrogen) atoms. The molecule has 1 rings (SSSR count). The van der Waals surface area contributed by atoms with Crippen LogP contribution < -0.4 is 16.2 Å². The van der Waals surface area contributed by atoms with Gasteiger partial charge in [0, 0.05) is 12.4 Å². The third-order valence-corrected chi connectivity index (χ3v) is 5.77. The van der Waals surface area contributed by atoms with Gasteiger partial charge in [-0.15, -0.1) is 0 Å². The van der Waals surface area contributed by atoms with Crippen molar-refractivity contribution in [3.8, 4) is 0 Å². The molecule has 0 radical (unpaired) electrons. The lowest BCUT2D eigenvalue weighted by Crippen LogP contribution is -2.49. The van der Waals surface area contributed by atoms with Crippen LogP contribution in [0.1, 0.15) is 65.3 Å². The van der Waals surface area contributed by atoms with Crippen LogP contribution in [0.25, 0.3) is 0 Å². The van der Waals surface area contributed by atoms with Gasteiger partial charge in [0.15, 0.2) is 11.6 Å². The fourth-order valence-electron chi connectivity index (χ4n) is 3.66. The maximum absolute atomic E-state index is 13.1. The van der Waals surface area contributed by atoms with E-state index in [4.69, 9.17) is 10.6 Å². The van der Waals surface area contributed by atoms with Gasteiger partial charge >= 0.3 is 5.97 Å². The molecule has 0 saturated carbocycles. The summed E-state index contributed by atoms with van der Waals surface area (Å²) in [6, 6.07) is -2.27.